The predicted octanol–water partition coefficient (Wildman–Crippen LogP) is 3.13. The minimum absolute atomic E-state index is 0.0766. The van der Waals surface area contributed by atoms with Crippen LogP contribution in [0.5, 0.6) is 5.75 Å². The van der Waals surface area contributed by atoms with Crippen LogP contribution in [0.25, 0.3) is 0 Å². The third-order valence-electron chi connectivity index (χ3n) is 4.16. The van der Waals surface area contributed by atoms with Crippen LogP contribution in [-0.2, 0) is 16.1 Å². The van der Waals surface area contributed by atoms with Crippen molar-refractivity contribution in [3.05, 3.63) is 29.8 Å². The maximum Gasteiger partial charge on any atom is 0.422 e. The second-order valence-corrected chi connectivity index (χ2v) is 6.17. The van der Waals surface area contributed by atoms with Gasteiger partial charge in [0.05, 0.1) is 5.92 Å². The number of hydrogen-bond acceptors (Lipinski definition) is 3. The molecule has 0 saturated heterocycles. The molecule has 2 atom stereocenters. The zero-order valence-electron chi connectivity index (χ0n) is 13.5. The lowest BCUT2D eigenvalue weighted by molar-refractivity contribution is -0.153. The Kier molecular flexibility index (Phi) is 6.27. The smallest absolute Gasteiger partial charge is 0.422 e. The monoisotopic (exact) mass is 359 g/mol. The fraction of sp³-hybridized carbons (Fsp3) is 0.529. The summed E-state index contributed by atoms with van der Waals surface area (Å²) in [6.45, 7) is -1.22. The Morgan fingerprint density at radius 1 is 1.24 bits per heavy atom. The summed E-state index contributed by atoms with van der Waals surface area (Å²) in [7, 11) is 0. The standard InChI is InChI=1S/C17H20F3NO4/c18-17(19,20)10-25-14-6-1-3-11(7-14)9-21-15(22)12-4-2-5-13(8-12)16(23)24/h1,3,6-7,12-13H,2,4-5,8-10H2,(H,21,22)(H,23,24). The molecule has 5 nitrogen and oxygen atoms in total. The van der Waals surface area contributed by atoms with Gasteiger partial charge in [-0.1, -0.05) is 18.6 Å². The van der Waals surface area contributed by atoms with Gasteiger partial charge in [0.2, 0.25) is 5.91 Å². The summed E-state index contributed by atoms with van der Waals surface area (Å²) in [5.74, 6) is -1.88. The summed E-state index contributed by atoms with van der Waals surface area (Å²) in [5, 5.41) is 11.8. The lowest BCUT2D eigenvalue weighted by Gasteiger charge is -2.25. The van der Waals surface area contributed by atoms with Crippen LogP contribution in [0.2, 0.25) is 0 Å². The Morgan fingerprint density at radius 2 is 1.96 bits per heavy atom. The Labute approximate surface area is 143 Å². The van der Waals surface area contributed by atoms with Crippen LogP contribution >= 0.6 is 0 Å². The zero-order chi connectivity index (χ0) is 18.4. The molecule has 1 amide bonds. The number of carbonyl (C=O) groups is 2. The van der Waals surface area contributed by atoms with E-state index in [1.807, 2.05) is 0 Å². The van der Waals surface area contributed by atoms with Crippen LogP contribution in [-0.4, -0.2) is 29.8 Å². The number of aliphatic carboxylic acids is 1. The largest absolute Gasteiger partial charge is 0.484 e. The van der Waals surface area contributed by atoms with Crippen molar-refractivity contribution in [1.29, 1.82) is 0 Å². The van der Waals surface area contributed by atoms with Crippen molar-refractivity contribution in [2.75, 3.05) is 6.61 Å². The number of alkyl halides is 3. The first kappa shape index (κ1) is 19.1. The molecule has 0 bridgehead atoms. The predicted molar refractivity (Wildman–Crippen MR) is 82.9 cm³/mol. The molecule has 0 aromatic heterocycles. The van der Waals surface area contributed by atoms with E-state index in [2.05, 4.69) is 10.1 Å². The van der Waals surface area contributed by atoms with E-state index in [1.54, 1.807) is 12.1 Å². The summed E-state index contributed by atoms with van der Waals surface area (Å²) >= 11 is 0. The third-order valence-corrected chi connectivity index (χ3v) is 4.16. The fourth-order valence-electron chi connectivity index (χ4n) is 2.90. The molecule has 1 saturated carbocycles. The summed E-state index contributed by atoms with van der Waals surface area (Å²) in [6.07, 6.45) is -2.18. The first-order valence-electron chi connectivity index (χ1n) is 8.03. The van der Waals surface area contributed by atoms with Crippen LogP contribution in [0.1, 0.15) is 31.2 Å². The van der Waals surface area contributed by atoms with Crippen molar-refractivity contribution in [2.24, 2.45) is 11.8 Å². The van der Waals surface area contributed by atoms with Gasteiger partial charge in [-0.3, -0.25) is 9.59 Å². The quantitative estimate of drug-likeness (QED) is 0.818. The second-order valence-electron chi connectivity index (χ2n) is 6.17. The topological polar surface area (TPSA) is 75.6 Å². The molecule has 2 unspecified atom stereocenters. The van der Waals surface area contributed by atoms with E-state index in [4.69, 9.17) is 5.11 Å². The van der Waals surface area contributed by atoms with Crippen molar-refractivity contribution < 1.29 is 32.6 Å². The molecule has 8 heteroatoms. The number of carbonyl (C=O) groups excluding carboxylic acids is 1. The van der Waals surface area contributed by atoms with Gasteiger partial charge in [0, 0.05) is 12.5 Å². The SMILES string of the molecule is O=C(O)C1CCCC(C(=O)NCc2cccc(OCC(F)(F)F)c2)C1. The van der Waals surface area contributed by atoms with Crippen molar-refractivity contribution in [3.8, 4) is 5.75 Å². The Hall–Kier alpha value is -2.25. The molecule has 0 heterocycles. The van der Waals surface area contributed by atoms with Crippen LogP contribution in [0.3, 0.4) is 0 Å². The number of carboxylic acid groups (broad SMARTS) is 1. The molecule has 0 aliphatic heterocycles. The zero-order valence-corrected chi connectivity index (χ0v) is 13.5. The van der Waals surface area contributed by atoms with E-state index < -0.39 is 24.7 Å². The highest BCUT2D eigenvalue weighted by Gasteiger charge is 2.31. The van der Waals surface area contributed by atoms with Crippen molar-refractivity contribution in [3.63, 3.8) is 0 Å². The minimum Gasteiger partial charge on any atom is -0.484 e. The molecule has 1 aliphatic rings. The lowest BCUT2D eigenvalue weighted by Crippen LogP contribution is -2.35. The Morgan fingerprint density at radius 3 is 2.64 bits per heavy atom. The second kappa shape index (κ2) is 8.22. The summed E-state index contributed by atoms with van der Waals surface area (Å²) in [5.41, 5.74) is 0.610. The summed E-state index contributed by atoms with van der Waals surface area (Å²) < 4.78 is 41.2. The Balaban J connectivity index is 1.86. The molecule has 1 aromatic carbocycles. The number of rotatable bonds is 6. The molecule has 0 spiro atoms. The van der Waals surface area contributed by atoms with Gasteiger partial charge >= 0.3 is 12.1 Å². The van der Waals surface area contributed by atoms with Gasteiger partial charge in [0.15, 0.2) is 6.61 Å². The molecule has 0 radical (unpaired) electrons. The molecule has 2 rings (SSSR count). The number of hydrogen-bond donors (Lipinski definition) is 2. The van der Waals surface area contributed by atoms with E-state index >= 15 is 0 Å². The minimum atomic E-state index is -4.41. The maximum atomic E-state index is 12.2. The number of ether oxygens (including phenoxy) is 1. The van der Waals surface area contributed by atoms with Crippen LogP contribution in [0.4, 0.5) is 13.2 Å². The van der Waals surface area contributed by atoms with Crippen LogP contribution in [0.15, 0.2) is 24.3 Å². The highest BCUT2D eigenvalue weighted by atomic mass is 19.4. The highest BCUT2D eigenvalue weighted by molar-refractivity contribution is 5.80. The van der Waals surface area contributed by atoms with Gasteiger partial charge in [0.1, 0.15) is 5.75 Å². The molecular weight excluding hydrogens is 339 g/mol. The molecule has 2 N–H and O–H groups in total. The van der Waals surface area contributed by atoms with Crippen LogP contribution in [0, 0.1) is 11.8 Å². The van der Waals surface area contributed by atoms with Gasteiger partial charge in [-0.25, -0.2) is 0 Å². The Bertz CT molecular complexity index is 618. The van der Waals surface area contributed by atoms with E-state index in [9.17, 15) is 22.8 Å². The normalized spacial score (nSPS) is 20.8. The molecular formula is C17H20F3NO4. The number of amides is 1. The molecule has 25 heavy (non-hydrogen) atoms. The van der Waals surface area contributed by atoms with E-state index in [-0.39, 0.29) is 24.1 Å². The molecule has 1 fully saturated rings. The number of halogens is 3. The maximum absolute atomic E-state index is 12.2. The van der Waals surface area contributed by atoms with Gasteiger partial charge in [-0.2, -0.15) is 13.2 Å². The number of carboxylic acids is 1. The fourth-order valence-corrected chi connectivity index (χ4v) is 2.90. The van der Waals surface area contributed by atoms with Crippen molar-refractivity contribution >= 4 is 11.9 Å². The van der Waals surface area contributed by atoms with E-state index in [1.165, 1.54) is 12.1 Å². The lowest BCUT2D eigenvalue weighted by atomic mass is 9.81. The van der Waals surface area contributed by atoms with Gasteiger partial charge < -0.3 is 15.2 Å². The van der Waals surface area contributed by atoms with Crippen LogP contribution < -0.4 is 10.1 Å². The average molecular weight is 359 g/mol. The van der Waals surface area contributed by atoms with E-state index in [0.29, 0.717) is 31.2 Å². The molecule has 138 valence electrons. The highest BCUT2D eigenvalue weighted by Crippen LogP contribution is 2.29. The summed E-state index contributed by atoms with van der Waals surface area (Å²) in [6, 6.07) is 6.07. The third kappa shape index (κ3) is 6.28. The van der Waals surface area contributed by atoms with Crippen molar-refractivity contribution in [1.82, 2.24) is 5.32 Å². The average Bonchev–Trinajstić information content (AvgIpc) is 2.58. The van der Waals surface area contributed by atoms with Gasteiger partial charge in [0.25, 0.3) is 0 Å². The summed E-state index contributed by atoms with van der Waals surface area (Å²) in [4.78, 5) is 23.2. The molecule has 1 aliphatic carbocycles. The van der Waals surface area contributed by atoms with Crippen molar-refractivity contribution in [2.45, 2.75) is 38.4 Å². The van der Waals surface area contributed by atoms with Gasteiger partial charge in [-0.15, -0.1) is 0 Å². The first-order valence-corrected chi connectivity index (χ1v) is 8.03. The number of benzene rings is 1. The molecule has 1 aromatic rings. The van der Waals surface area contributed by atoms with E-state index in [0.717, 1.165) is 0 Å². The number of nitrogens with one attached hydrogen (secondary N) is 1. The first-order chi connectivity index (χ1) is 11.7. The van der Waals surface area contributed by atoms with Gasteiger partial charge in [-0.05, 0) is 37.0 Å².